The lowest BCUT2D eigenvalue weighted by Crippen LogP contribution is -2.58. The fourth-order valence-electron chi connectivity index (χ4n) is 2.17. The van der Waals surface area contributed by atoms with Gasteiger partial charge in [-0.05, 0) is 18.2 Å². The quantitative estimate of drug-likeness (QED) is 0.747. The number of carbonyl (C=O) groups is 4. The maximum Gasteiger partial charge on any atom is 0.343 e. The van der Waals surface area contributed by atoms with Crippen molar-refractivity contribution in [3.63, 3.8) is 0 Å². The second-order valence-electron chi connectivity index (χ2n) is 4.34. The standard InChI is InChI=1S/C12H8FN3O4/c13-6-1-2-7-8(5-6)11(19)16(10(7)18)15-4-3-9(17)14-12(15)20/h1-2,5H,3-4H2,(H,14,17,20). The molecule has 0 bridgehead atoms. The summed E-state index contributed by atoms with van der Waals surface area (Å²) >= 11 is 0. The molecule has 0 atom stereocenters. The molecule has 1 aromatic carbocycles. The van der Waals surface area contributed by atoms with Gasteiger partial charge in [0.1, 0.15) is 5.82 Å². The van der Waals surface area contributed by atoms with Gasteiger partial charge < -0.3 is 0 Å². The lowest BCUT2D eigenvalue weighted by atomic mass is 10.1. The number of benzene rings is 1. The monoisotopic (exact) mass is 277 g/mol. The highest BCUT2D eigenvalue weighted by Crippen LogP contribution is 2.25. The molecule has 5 amide bonds. The molecule has 0 spiro atoms. The number of nitrogens with one attached hydrogen (secondary N) is 1. The van der Waals surface area contributed by atoms with E-state index in [-0.39, 0.29) is 24.1 Å². The Morgan fingerprint density at radius 3 is 2.45 bits per heavy atom. The lowest BCUT2D eigenvalue weighted by Gasteiger charge is -2.32. The molecule has 102 valence electrons. The first-order valence-electron chi connectivity index (χ1n) is 5.78. The van der Waals surface area contributed by atoms with Crippen molar-refractivity contribution in [2.24, 2.45) is 0 Å². The third kappa shape index (κ3) is 1.65. The zero-order chi connectivity index (χ0) is 14.4. The first kappa shape index (κ1) is 12.3. The summed E-state index contributed by atoms with van der Waals surface area (Å²) < 4.78 is 13.1. The van der Waals surface area contributed by atoms with Gasteiger partial charge in [0.05, 0.1) is 17.7 Å². The normalized spacial score (nSPS) is 18.4. The van der Waals surface area contributed by atoms with Gasteiger partial charge in [-0.2, -0.15) is 5.01 Å². The van der Waals surface area contributed by atoms with Crippen molar-refractivity contribution < 1.29 is 23.6 Å². The molecule has 2 aliphatic heterocycles. The minimum absolute atomic E-state index is 0.0203. The zero-order valence-corrected chi connectivity index (χ0v) is 10.1. The summed E-state index contributed by atoms with van der Waals surface area (Å²) in [5, 5.41) is 3.50. The molecule has 2 aliphatic rings. The number of hydrogen-bond donors (Lipinski definition) is 1. The lowest BCUT2D eigenvalue weighted by molar-refractivity contribution is -0.122. The summed E-state index contributed by atoms with van der Waals surface area (Å²) in [5.74, 6) is -2.62. The Labute approximate surface area is 111 Å². The largest absolute Gasteiger partial charge is 0.343 e. The van der Waals surface area contributed by atoms with Gasteiger partial charge in [-0.25, -0.2) is 14.2 Å². The van der Waals surface area contributed by atoms with E-state index in [2.05, 4.69) is 0 Å². The molecule has 0 radical (unpaired) electrons. The number of carbonyl (C=O) groups excluding carboxylic acids is 4. The van der Waals surface area contributed by atoms with Crippen LogP contribution in [0.2, 0.25) is 0 Å². The molecule has 1 aromatic rings. The summed E-state index contributed by atoms with van der Waals surface area (Å²) in [4.78, 5) is 47.0. The molecule has 0 aliphatic carbocycles. The maximum atomic E-state index is 13.1. The topological polar surface area (TPSA) is 86.8 Å². The highest BCUT2D eigenvalue weighted by Gasteiger charge is 2.43. The number of amides is 5. The second-order valence-corrected chi connectivity index (χ2v) is 4.34. The van der Waals surface area contributed by atoms with Crippen molar-refractivity contribution in [1.82, 2.24) is 15.3 Å². The second kappa shape index (κ2) is 4.12. The van der Waals surface area contributed by atoms with Gasteiger partial charge >= 0.3 is 6.03 Å². The first-order chi connectivity index (χ1) is 9.49. The molecule has 0 saturated carbocycles. The molecular weight excluding hydrogens is 269 g/mol. The minimum Gasteiger partial charge on any atom is -0.276 e. The third-order valence-electron chi connectivity index (χ3n) is 3.10. The average molecular weight is 277 g/mol. The molecule has 1 N–H and O–H groups in total. The van der Waals surface area contributed by atoms with Crippen molar-refractivity contribution in [2.45, 2.75) is 6.42 Å². The SMILES string of the molecule is O=C1CCN(N2C(=O)c3ccc(F)cc3C2=O)C(=O)N1. The van der Waals surface area contributed by atoms with Crippen molar-refractivity contribution >= 4 is 23.8 Å². The number of hydrazine groups is 1. The van der Waals surface area contributed by atoms with Crippen molar-refractivity contribution in [3.8, 4) is 0 Å². The minimum atomic E-state index is -0.851. The molecule has 0 unspecified atom stereocenters. The van der Waals surface area contributed by atoms with Crippen LogP contribution in [0.1, 0.15) is 27.1 Å². The first-order valence-corrected chi connectivity index (χ1v) is 5.78. The molecule has 1 saturated heterocycles. The van der Waals surface area contributed by atoms with E-state index >= 15 is 0 Å². The van der Waals surface area contributed by atoms with Gasteiger partial charge in [0.2, 0.25) is 5.91 Å². The number of urea groups is 1. The van der Waals surface area contributed by atoms with Gasteiger partial charge in [-0.15, -0.1) is 0 Å². The van der Waals surface area contributed by atoms with Gasteiger partial charge in [0.25, 0.3) is 11.8 Å². The molecule has 8 heteroatoms. The van der Waals surface area contributed by atoms with Crippen LogP contribution in [0.3, 0.4) is 0 Å². The molecular formula is C12H8FN3O4. The van der Waals surface area contributed by atoms with Gasteiger partial charge in [0.15, 0.2) is 0 Å². The third-order valence-corrected chi connectivity index (χ3v) is 3.10. The van der Waals surface area contributed by atoms with E-state index in [1.165, 1.54) is 6.07 Å². The van der Waals surface area contributed by atoms with Crippen LogP contribution in [0, 0.1) is 5.82 Å². The number of hydrogen-bond acceptors (Lipinski definition) is 4. The van der Waals surface area contributed by atoms with Gasteiger partial charge in [-0.3, -0.25) is 19.7 Å². The van der Waals surface area contributed by atoms with E-state index in [0.29, 0.717) is 5.01 Å². The molecule has 7 nitrogen and oxygen atoms in total. The van der Waals surface area contributed by atoms with Crippen LogP contribution >= 0.6 is 0 Å². The summed E-state index contributed by atoms with van der Waals surface area (Å²) in [7, 11) is 0. The highest BCUT2D eigenvalue weighted by molar-refractivity contribution is 6.22. The van der Waals surface area contributed by atoms with Crippen molar-refractivity contribution in [3.05, 3.63) is 35.1 Å². The Morgan fingerprint density at radius 2 is 1.75 bits per heavy atom. The average Bonchev–Trinajstić information content (AvgIpc) is 2.63. The van der Waals surface area contributed by atoms with Crippen LogP contribution in [0.15, 0.2) is 18.2 Å². The van der Waals surface area contributed by atoms with E-state index < -0.39 is 29.6 Å². The molecule has 3 rings (SSSR count). The Kier molecular flexibility index (Phi) is 2.53. The van der Waals surface area contributed by atoms with E-state index in [1.807, 2.05) is 5.32 Å². The van der Waals surface area contributed by atoms with Crippen molar-refractivity contribution in [2.75, 3.05) is 6.54 Å². The van der Waals surface area contributed by atoms with Gasteiger partial charge in [0, 0.05) is 6.42 Å². The van der Waals surface area contributed by atoms with Crippen LogP contribution in [0.25, 0.3) is 0 Å². The summed E-state index contributed by atoms with van der Waals surface area (Å²) in [6, 6.07) is 2.35. The van der Waals surface area contributed by atoms with E-state index in [9.17, 15) is 23.6 Å². The summed E-state index contributed by atoms with van der Waals surface area (Å²) in [6.45, 7) is -0.0847. The van der Waals surface area contributed by atoms with Crippen LogP contribution < -0.4 is 5.32 Å². The van der Waals surface area contributed by atoms with Crippen LogP contribution in [-0.2, 0) is 4.79 Å². The van der Waals surface area contributed by atoms with Gasteiger partial charge in [-0.1, -0.05) is 0 Å². The number of nitrogens with zero attached hydrogens (tertiary/aromatic N) is 2. The Balaban J connectivity index is 1.97. The summed E-state index contributed by atoms with van der Waals surface area (Å²) in [6.07, 6.45) is -0.0203. The number of fused-ring (bicyclic) bond motifs is 1. The molecule has 20 heavy (non-hydrogen) atoms. The maximum absolute atomic E-state index is 13.1. The highest BCUT2D eigenvalue weighted by atomic mass is 19.1. The fourth-order valence-corrected chi connectivity index (χ4v) is 2.17. The zero-order valence-electron chi connectivity index (χ0n) is 10.1. The van der Waals surface area contributed by atoms with E-state index in [4.69, 9.17) is 0 Å². The fraction of sp³-hybridized carbons (Fsp3) is 0.167. The smallest absolute Gasteiger partial charge is 0.276 e. The molecule has 1 fully saturated rings. The van der Waals surface area contributed by atoms with Crippen molar-refractivity contribution in [1.29, 1.82) is 0 Å². The predicted molar refractivity (Wildman–Crippen MR) is 61.8 cm³/mol. The molecule has 0 aromatic heterocycles. The summed E-state index contributed by atoms with van der Waals surface area (Å²) in [5.41, 5.74) is -0.0687. The predicted octanol–water partition coefficient (Wildman–Crippen LogP) is 0.279. The number of imide groups is 2. The van der Waals surface area contributed by atoms with E-state index in [0.717, 1.165) is 17.1 Å². The number of rotatable bonds is 1. The molecule has 2 heterocycles. The Morgan fingerprint density at radius 1 is 1.05 bits per heavy atom. The van der Waals surface area contributed by atoms with E-state index in [1.54, 1.807) is 0 Å². The van der Waals surface area contributed by atoms with Crippen LogP contribution in [0.4, 0.5) is 9.18 Å². The Bertz CT molecular complexity index is 673. The van der Waals surface area contributed by atoms with Crippen LogP contribution in [-0.4, -0.2) is 40.3 Å². The van der Waals surface area contributed by atoms with Crippen LogP contribution in [0.5, 0.6) is 0 Å². The Hall–Kier alpha value is -2.77. The number of halogens is 1.